The number of unbranched alkanes of at least 4 members (excludes halogenated alkanes) is 2. The quantitative estimate of drug-likeness (QED) is 0.0385. The molecule has 3 aromatic carbocycles. The van der Waals surface area contributed by atoms with Gasteiger partial charge in [0.25, 0.3) is 11.8 Å². The fourth-order valence-corrected chi connectivity index (χ4v) is 7.51. The second-order valence-electron chi connectivity index (χ2n) is 15.0. The number of piperidine rings is 1. The molecule has 0 aliphatic carbocycles. The molecule has 356 valence electrons. The van der Waals surface area contributed by atoms with Crippen LogP contribution in [0.3, 0.4) is 0 Å². The lowest BCUT2D eigenvalue weighted by molar-refractivity contribution is -0.141. The highest BCUT2D eigenvalue weighted by Gasteiger charge is 2.45. The summed E-state index contributed by atoms with van der Waals surface area (Å²) in [6, 6.07) is 10.2. The van der Waals surface area contributed by atoms with Crippen LogP contribution in [0.2, 0.25) is 5.02 Å². The number of nitrogens with zero attached hydrogens (tertiary/aromatic N) is 3. The predicted octanol–water partition coefficient (Wildman–Crippen LogP) is 7.28. The summed E-state index contributed by atoms with van der Waals surface area (Å²) >= 11 is 5.83. The van der Waals surface area contributed by atoms with Crippen molar-refractivity contribution >= 4 is 40.9 Å². The Morgan fingerprint density at radius 1 is 0.773 bits per heavy atom. The van der Waals surface area contributed by atoms with Crippen LogP contribution in [0.1, 0.15) is 64.1 Å². The van der Waals surface area contributed by atoms with Crippen LogP contribution in [0.15, 0.2) is 54.6 Å². The van der Waals surface area contributed by atoms with Gasteiger partial charge in [0.1, 0.15) is 17.5 Å². The first-order chi connectivity index (χ1) is 31.5. The van der Waals surface area contributed by atoms with Crippen LogP contribution >= 0.6 is 11.6 Å². The van der Waals surface area contributed by atoms with Gasteiger partial charge in [-0.15, -0.1) is 0 Å². The highest BCUT2D eigenvalue weighted by atomic mass is 35.5. The summed E-state index contributed by atoms with van der Waals surface area (Å²) in [6.45, 7) is 3.05. The Morgan fingerprint density at radius 2 is 1.44 bits per heavy atom. The number of hydrogen-bond donors (Lipinski definition) is 3. The van der Waals surface area contributed by atoms with E-state index in [-0.39, 0.29) is 65.3 Å². The number of rotatable bonds is 23. The van der Waals surface area contributed by atoms with Crippen LogP contribution in [0, 0.1) is 0 Å². The highest BCUT2D eigenvalue weighted by molar-refractivity contribution is 6.31. The maximum atomic E-state index is 13.8. The summed E-state index contributed by atoms with van der Waals surface area (Å²) in [5, 5.41) is 19.5. The van der Waals surface area contributed by atoms with Crippen molar-refractivity contribution in [2.45, 2.75) is 50.5 Å². The number of anilines is 1. The van der Waals surface area contributed by atoms with Gasteiger partial charge in [0.05, 0.1) is 85.8 Å². The van der Waals surface area contributed by atoms with Crippen LogP contribution in [-0.2, 0) is 47.9 Å². The molecule has 4 amide bonds. The zero-order valence-corrected chi connectivity index (χ0v) is 36.2. The topological polar surface area (TPSA) is 180 Å². The second kappa shape index (κ2) is 22.2. The number of carbonyl (C=O) groups is 4. The van der Waals surface area contributed by atoms with E-state index in [1.807, 2.05) is 0 Å². The van der Waals surface area contributed by atoms with Gasteiger partial charge >= 0.3 is 12.4 Å². The Balaban J connectivity index is 0.834. The van der Waals surface area contributed by atoms with Gasteiger partial charge in [-0.25, -0.2) is 0 Å². The van der Waals surface area contributed by atoms with Crippen molar-refractivity contribution in [1.82, 2.24) is 20.0 Å². The third-order valence-corrected chi connectivity index (χ3v) is 10.8. The fraction of sp³-hybridized carbons (Fsp3) is 0.432. The van der Waals surface area contributed by atoms with E-state index in [1.165, 1.54) is 31.3 Å². The first-order valence-corrected chi connectivity index (χ1v) is 21.2. The number of alkyl halides is 6. The molecule has 0 radical (unpaired) electrons. The lowest BCUT2D eigenvalue weighted by atomic mass is 9.97. The minimum Gasteiger partial charge on any atom is -0.506 e. The number of aromatic hydroxyl groups is 1. The maximum absolute atomic E-state index is 13.8. The number of carbonyl (C=O) groups excluding carboxylic acids is 4. The van der Waals surface area contributed by atoms with Crippen LogP contribution in [0.4, 0.5) is 32.0 Å². The van der Waals surface area contributed by atoms with E-state index in [2.05, 4.69) is 15.7 Å². The third-order valence-electron chi connectivity index (χ3n) is 10.5. The van der Waals surface area contributed by atoms with Gasteiger partial charge in [-0.1, -0.05) is 23.7 Å². The first kappa shape index (κ1) is 49.7. The second-order valence-corrected chi connectivity index (χ2v) is 15.4. The van der Waals surface area contributed by atoms with Crippen molar-refractivity contribution in [3.05, 3.63) is 82.0 Å². The van der Waals surface area contributed by atoms with Crippen LogP contribution < -0.4 is 15.4 Å². The van der Waals surface area contributed by atoms with Gasteiger partial charge in [0.15, 0.2) is 5.69 Å². The number of phenolic OH excluding ortho intramolecular Hbond substituents is 1. The van der Waals surface area contributed by atoms with Crippen molar-refractivity contribution in [2.24, 2.45) is 7.05 Å². The number of imide groups is 2. The van der Waals surface area contributed by atoms with Crippen LogP contribution in [0.25, 0.3) is 22.4 Å². The number of aryl methyl sites for hydroxylation is 1. The van der Waals surface area contributed by atoms with Gasteiger partial charge in [0, 0.05) is 37.9 Å². The van der Waals surface area contributed by atoms with Gasteiger partial charge in [-0.05, 0) is 73.7 Å². The molecule has 1 aromatic heterocycles. The van der Waals surface area contributed by atoms with E-state index >= 15 is 0 Å². The van der Waals surface area contributed by atoms with Crippen molar-refractivity contribution in [1.29, 1.82) is 0 Å². The number of amides is 4. The van der Waals surface area contributed by atoms with Crippen molar-refractivity contribution in [3.8, 4) is 33.9 Å². The van der Waals surface area contributed by atoms with Gasteiger partial charge in [-0.2, -0.15) is 31.4 Å². The molecule has 1 unspecified atom stereocenters. The van der Waals surface area contributed by atoms with E-state index in [9.17, 15) is 50.6 Å². The Kier molecular flexibility index (Phi) is 16.7. The highest BCUT2D eigenvalue weighted by Crippen LogP contribution is 2.47. The summed E-state index contributed by atoms with van der Waals surface area (Å²) in [6.07, 6.45) is -7.69. The lowest BCUT2D eigenvalue weighted by Gasteiger charge is -2.27. The van der Waals surface area contributed by atoms with E-state index in [1.54, 1.807) is 12.1 Å². The number of nitrogens with one attached hydrogen (secondary N) is 2. The number of hydrogen-bond acceptors (Lipinski definition) is 12. The van der Waals surface area contributed by atoms with Crippen LogP contribution in [0.5, 0.6) is 11.5 Å². The summed E-state index contributed by atoms with van der Waals surface area (Å²) in [5.41, 5.74) is -2.11. The molecule has 2 aliphatic rings. The molecule has 2 aliphatic heterocycles. The molecule has 0 saturated carbocycles. The standard InChI is InChI=1S/C44H46ClF6N5O10/c1-55-33(25-35(54-55)44(49,50)51)27-9-12-34(37(39(27)58)26-8-10-30(45)29(24-26)43(46,47)48)66-16-4-2-3-15-62-18-20-64-22-23-65-21-19-63-17-14-52-31-7-5-6-28-38(31)42(61)56(41(28)60)32-11-13-36(57)53-40(32)59/h5-10,12,24-25,32,52,58H,2-4,11,13-23H2,1H3,(H,53,57,59). The molecule has 1 atom stereocenters. The maximum Gasteiger partial charge on any atom is 0.435 e. The molecule has 4 aromatic rings. The van der Waals surface area contributed by atoms with Gasteiger partial charge in [-0.3, -0.25) is 34.1 Å². The Hall–Kier alpha value is -5.74. The monoisotopic (exact) mass is 953 g/mol. The molecule has 3 N–H and O–H groups in total. The molecule has 66 heavy (non-hydrogen) atoms. The Morgan fingerprint density at radius 3 is 2.09 bits per heavy atom. The van der Waals surface area contributed by atoms with Gasteiger partial charge in [0.2, 0.25) is 11.8 Å². The van der Waals surface area contributed by atoms with E-state index in [4.69, 9.17) is 35.3 Å². The smallest absolute Gasteiger partial charge is 0.435 e. The van der Waals surface area contributed by atoms with E-state index in [0.29, 0.717) is 77.7 Å². The molecular weight excluding hydrogens is 908 g/mol. The molecule has 3 heterocycles. The number of aromatic nitrogens is 2. The molecule has 15 nitrogen and oxygen atoms in total. The molecule has 22 heteroatoms. The van der Waals surface area contributed by atoms with E-state index in [0.717, 1.165) is 27.8 Å². The van der Waals surface area contributed by atoms with Crippen molar-refractivity contribution < 1.29 is 74.3 Å². The third kappa shape index (κ3) is 12.2. The number of fused-ring (bicyclic) bond motifs is 1. The molecule has 6 rings (SSSR count). The summed E-state index contributed by atoms with van der Waals surface area (Å²) in [7, 11) is 1.24. The van der Waals surface area contributed by atoms with E-state index < -0.39 is 64.1 Å². The Bertz CT molecular complexity index is 2390. The minimum absolute atomic E-state index is 0.0117. The minimum atomic E-state index is -4.83. The zero-order chi connectivity index (χ0) is 47.6. The predicted molar refractivity (Wildman–Crippen MR) is 225 cm³/mol. The summed E-state index contributed by atoms with van der Waals surface area (Å²) < 4.78 is 111. The average Bonchev–Trinajstić information content (AvgIpc) is 3.78. The number of benzene rings is 3. The zero-order valence-electron chi connectivity index (χ0n) is 35.5. The van der Waals surface area contributed by atoms with Crippen LogP contribution in [-0.4, -0.2) is 115 Å². The fourth-order valence-electron chi connectivity index (χ4n) is 7.28. The lowest BCUT2D eigenvalue weighted by Crippen LogP contribution is -2.54. The largest absolute Gasteiger partial charge is 0.506 e. The average molecular weight is 954 g/mol. The number of phenols is 1. The summed E-state index contributed by atoms with van der Waals surface area (Å²) in [5.74, 6) is -2.91. The SMILES string of the molecule is Cn1nc(C(F)(F)F)cc1-c1ccc(OCCCCCOCCOCCOCCOCCNc2cccc3c2C(=O)N(C2CCC(=O)NC2=O)C3=O)c(-c2ccc(Cl)c(C(F)(F)F)c2)c1O. The molecule has 1 fully saturated rings. The molecular formula is C44H46ClF6N5O10. The number of halogens is 7. The van der Waals surface area contributed by atoms with Gasteiger partial charge < -0.3 is 34.1 Å². The Labute approximate surface area is 379 Å². The molecule has 0 bridgehead atoms. The molecule has 1 saturated heterocycles. The number of ether oxygens (including phenoxy) is 5. The first-order valence-electron chi connectivity index (χ1n) is 20.8. The normalized spacial score (nSPS) is 15.4. The molecule has 0 spiro atoms. The van der Waals surface area contributed by atoms with Crippen molar-refractivity contribution in [2.75, 3.05) is 71.3 Å². The summed E-state index contributed by atoms with van der Waals surface area (Å²) in [4.78, 5) is 51.0. The van der Waals surface area contributed by atoms with Crippen molar-refractivity contribution in [3.63, 3.8) is 0 Å².